The van der Waals surface area contributed by atoms with Crippen molar-refractivity contribution in [1.82, 2.24) is 19.4 Å². The van der Waals surface area contributed by atoms with Crippen molar-refractivity contribution in [2.75, 3.05) is 25.5 Å². The average Bonchev–Trinajstić information content (AvgIpc) is 3.04. The SMILES string of the molecule is CCN(CC)S(=O)(=O)c1cc(NC(=O)C(NC)c2cnn(C)c2)ccc1C.Cl. The molecule has 0 aliphatic rings. The first-order valence-corrected chi connectivity index (χ1v) is 10.3. The number of nitrogens with one attached hydrogen (secondary N) is 2. The molecule has 1 unspecified atom stereocenters. The Morgan fingerprint density at radius 3 is 2.43 bits per heavy atom. The van der Waals surface area contributed by atoms with Crippen molar-refractivity contribution in [3.63, 3.8) is 0 Å². The van der Waals surface area contributed by atoms with E-state index in [1.807, 2.05) is 0 Å². The van der Waals surface area contributed by atoms with E-state index in [1.165, 1.54) is 10.4 Å². The predicted molar refractivity (Wildman–Crippen MR) is 112 cm³/mol. The molecule has 0 bridgehead atoms. The number of hydrogen-bond acceptors (Lipinski definition) is 5. The minimum Gasteiger partial charge on any atom is -0.324 e. The molecule has 1 aromatic carbocycles. The molecule has 0 radical (unpaired) electrons. The molecule has 0 spiro atoms. The van der Waals surface area contributed by atoms with E-state index in [0.29, 0.717) is 24.3 Å². The molecule has 10 heteroatoms. The van der Waals surface area contributed by atoms with Gasteiger partial charge in [0.15, 0.2) is 0 Å². The van der Waals surface area contributed by atoms with Crippen molar-refractivity contribution in [2.24, 2.45) is 7.05 Å². The highest BCUT2D eigenvalue weighted by Crippen LogP contribution is 2.24. The van der Waals surface area contributed by atoms with Gasteiger partial charge in [0.1, 0.15) is 6.04 Å². The molecular formula is C18H28ClN5O3S. The number of carbonyl (C=O) groups is 1. The van der Waals surface area contributed by atoms with Crippen LogP contribution in [-0.4, -0.2) is 48.5 Å². The second-order valence-corrected chi connectivity index (χ2v) is 8.13. The first-order chi connectivity index (χ1) is 12.7. The molecular weight excluding hydrogens is 402 g/mol. The van der Waals surface area contributed by atoms with E-state index in [9.17, 15) is 13.2 Å². The fourth-order valence-corrected chi connectivity index (χ4v) is 4.62. The van der Waals surface area contributed by atoms with Crippen LogP contribution in [-0.2, 0) is 21.9 Å². The van der Waals surface area contributed by atoms with E-state index >= 15 is 0 Å². The Labute approximate surface area is 172 Å². The van der Waals surface area contributed by atoms with Crippen LogP contribution in [0.1, 0.15) is 31.0 Å². The minimum atomic E-state index is -3.61. The summed E-state index contributed by atoms with van der Waals surface area (Å²) in [5.41, 5.74) is 1.79. The number of hydrogen-bond donors (Lipinski definition) is 2. The van der Waals surface area contributed by atoms with Crippen molar-refractivity contribution in [1.29, 1.82) is 0 Å². The molecule has 28 heavy (non-hydrogen) atoms. The first kappa shape index (κ1) is 24.1. The van der Waals surface area contributed by atoms with Gasteiger partial charge in [-0.15, -0.1) is 12.4 Å². The molecule has 0 saturated carbocycles. The second kappa shape index (κ2) is 10.0. The van der Waals surface area contributed by atoms with Crippen LogP contribution in [0, 0.1) is 6.92 Å². The van der Waals surface area contributed by atoms with Crippen molar-refractivity contribution >= 4 is 34.0 Å². The smallest absolute Gasteiger partial charge is 0.246 e. The Balaban J connectivity index is 0.00000392. The average molecular weight is 430 g/mol. The number of halogens is 1. The first-order valence-electron chi connectivity index (χ1n) is 8.82. The van der Waals surface area contributed by atoms with Gasteiger partial charge < -0.3 is 10.6 Å². The molecule has 2 N–H and O–H groups in total. The Hall–Kier alpha value is -1.94. The molecule has 8 nitrogen and oxygen atoms in total. The van der Waals surface area contributed by atoms with E-state index in [0.717, 1.165) is 5.56 Å². The summed E-state index contributed by atoms with van der Waals surface area (Å²) < 4.78 is 28.7. The monoisotopic (exact) mass is 429 g/mol. The molecule has 0 aliphatic carbocycles. The molecule has 1 heterocycles. The van der Waals surface area contributed by atoms with Gasteiger partial charge in [0.25, 0.3) is 0 Å². The Morgan fingerprint density at radius 1 is 1.29 bits per heavy atom. The van der Waals surface area contributed by atoms with Crippen LogP contribution in [0.4, 0.5) is 5.69 Å². The van der Waals surface area contributed by atoms with E-state index in [-0.39, 0.29) is 23.2 Å². The highest BCUT2D eigenvalue weighted by atomic mass is 35.5. The highest BCUT2D eigenvalue weighted by molar-refractivity contribution is 7.89. The number of likely N-dealkylation sites (N-methyl/N-ethyl adjacent to an activating group) is 1. The van der Waals surface area contributed by atoms with Gasteiger partial charge in [0, 0.05) is 37.6 Å². The molecule has 0 fully saturated rings. The number of amides is 1. The predicted octanol–water partition coefficient (Wildman–Crippen LogP) is 2.08. The van der Waals surface area contributed by atoms with Gasteiger partial charge in [-0.05, 0) is 31.7 Å². The third-order valence-electron chi connectivity index (χ3n) is 4.39. The summed E-state index contributed by atoms with van der Waals surface area (Å²) in [6, 6.07) is 4.31. The second-order valence-electron chi connectivity index (χ2n) is 6.23. The number of rotatable bonds is 8. The van der Waals surface area contributed by atoms with Gasteiger partial charge in [-0.1, -0.05) is 19.9 Å². The zero-order valence-corrected chi connectivity index (χ0v) is 18.4. The fraction of sp³-hybridized carbons (Fsp3) is 0.444. The lowest BCUT2D eigenvalue weighted by Gasteiger charge is -2.21. The van der Waals surface area contributed by atoms with E-state index in [2.05, 4.69) is 15.7 Å². The summed E-state index contributed by atoms with van der Waals surface area (Å²) in [7, 11) is -0.152. The lowest BCUT2D eigenvalue weighted by molar-refractivity contribution is -0.118. The highest BCUT2D eigenvalue weighted by Gasteiger charge is 2.25. The third kappa shape index (κ3) is 5.11. The number of sulfonamides is 1. The molecule has 2 rings (SSSR count). The molecule has 1 atom stereocenters. The Kier molecular flexibility index (Phi) is 8.62. The molecule has 0 aliphatic heterocycles. The van der Waals surface area contributed by atoms with Crippen LogP contribution in [0.3, 0.4) is 0 Å². The lowest BCUT2D eigenvalue weighted by Crippen LogP contribution is -2.32. The molecule has 2 aromatic rings. The maximum absolute atomic E-state index is 12.9. The summed E-state index contributed by atoms with van der Waals surface area (Å²) in [6.45, 7) is 6.12. The van der Waals surface area contributed by atoms with Gasteiger partial charge in [0.2, 0.25) is 15.9 Å². The number of carbonyl (C=O) groups excluding carboxylic acids is 1. The standard InChI is InChI=1S/C18H27N5O3S.ClH/c1-6-23(7-2)27(25,26)16-10-15(9-8-13(16)3)21-18(24)17(19-4)14-11-20-22(5)12-14;/h8-12,17,19H,6-7H2,1-5H3,(H,21,24);1H. The summed E-state index contributed by atoms with van der Waals surface area (Å²) >= 11 is 0. The van der Waals surface area contributed by atoms with Crippen LogP contribution < -0.4 is 10.6 Å². The third-order valence-corrected chi connectivity index (χ3v) is 6.58. The zero-order valence-electron chi connectivity index (χ0n) is 16.8. The van der Waals surface area contributed by atoms with Crippen LogP contribution >= 0.6 is 12.4 Å². The molecule has 0 saturated heterocycles. The van der Waals surface area contributed by atoms with Gasteiger partial charge in [-0.3, -0.25) is 9.48 Å². The summed E-state index contributed by atoms with van der Waals surface area (Å²) in [5.74, 6) is -0.291. The number of nitrogens with zero attached hydrogens (tertiary/aromatic N) is 3. The van der Waals surface area contributed by atoms with Gasteiger partial charge >= 0.3 is 0 Å². The largest absolute Gasteiger partial charge is 0.324 e. The number of aromatic nitrogens is 2. The van der Waals surface area contributed by atoms with E-state index in [1.54, 1.807) is 64.1 Å². The number of benzene rings is 1. The summed E-state index contributed by atoms with van der Waals surface area (Å²) in [5, 5.41) is 9.83. The number of aryl methyl sites for hydroxylation is 2. The van der Waals surface area contributed by atoms with Crippen LogP contribution in [0.15, 0.2) is 35.5 Å². The fourth-order valence-electron chi connectivity index (χ4n) is 2.91. The van der Waals surface area contributed by atoms with Crippen LogP contribution in [0.25, 0.3) is 0 Å². The Bertz CT molecular complexity index is 910. The minimum absolute atomic E-state index is 0. The van der Waals surface area contributed by atoms with Crippen molar-refractivity contribution in [3.05, 3.63) is 41.7 Å². The molecule has 156 valence electrons. The zero-order chi connectivity index (χ0) is 20.2. The topological polar surface area (TPSA) is 96.3 Å². The van der Waals surface area contributed by atoms with Gasteiger partial charge in [0.05, 0.1) is 11.1 Å². The van der Waals surface area contributed by atoms with Crippen molar-refractivity contribution < 1.29 is 13.2 Å². The lowest BCUT2D eigenvalue weighted by atomic mass is 10.1. The normalized spacial score (nSPS) is 12.5. The van der Waals surface area contributed by atoms with Gasteiger partial charge in [-0.2, -0.15) is 9.40 Å². The van der Waals surface area contributed by atoms with Crippen LogP contribution in [0.5, 0.6) is 0 Å². The maximum atomic E-state index is 12.9. The van der Waals surface area contributed by atoms with Crippen molar-refractivity contribution in [2.45, 2.75) is 31.7 Å². The summed E-state index contributed by atoms with van der Waals surface area (Å²) in [4.78, 5) is 12.9. The van der Waals surface area contributed by atoms with Crippen LogP contribution in [0.2, 0.25) is 0 Å². The Morgan fingerprint density at radius 2 is 1.93 bits per heavy atom. The summed E-state index contributed by atoms with van der Waals surface area (Å²) in [6.07, 6.45) is 3.37. The maximum Gasteiger partial charge on any atom is 0.246 e. The molecule has 1 aromatic heterocycles. The number of anilines is 1. The van der Waals surface area contributed by atoms with E-state index in [4.69, 9.17) is 0 Å². The van der Waals surface area contributed by atoms with Gasteiger partial charge in [-0.25, -0.2) is 8.42 Å². The molecule has 1 amide bonds. The quantitative estimate of drug-likeness (QED) is 0.669. The van der Waals surface area contributed by atoms with E-state index < -0.39 is 16.1 Å². The van der Waals surface area contributed by atoms with Crippen molar-refractivity contribution in [3.8, 4) is 0 Å².